The fraction of sp³-hybridized carbons (Fsp3) is 0.167. The molecule has 1 N–H and O–H groups in total. The summed E-state index contributed by atoms with van der Waals surface area (Å²) in [6.07, 6.45) is -4.75. The van der Waals surface area contributed by atoms with E-state index in [0.717, 1.165) is 20.1 Å². The molecule has 0 bridgehead atoms. The first kappa shape index (κ1) is 19.0. The van der Waals surface area contributed by atoms with E-state index in [0.29, 0.717) is 6.07 Å². The van der Waals surface area contributed by atoms with Gasteiger partial charge in [-0.3, -0.25) is 4.79 Å². The quantitative estimate of drug-likeness (QED) is 0.838. The van der Waals surface area contributed by atoms with Crippen molar-refractivity contribution in [2.24, 2.45) is 0 Å². The molecule has 0 saturated heterocycles. The number of halogens is 3. The zero-order valence-corrected chi connectivity index (χ0v) is 13.8. The Morgan fingerprint density at radius 2 is 1.88 bits per heavy atom. The van der Waals surface area contributed by atoms with Crippen LogP contribution in [0.1, 0.15) is 28.4 Å². The predicted octanol–water partition coefficient (Wildman–Crippen LogP) is 3.99. The molecule has 0 heterocycles. The average Bonchev–Trinajstić information content (AvgIpc) is 2.59. The van der Waals surface area contributed by atoms with E-state index in [4.69, 9.17) is 5.26 Å². The van der Waals surface area contributed by atoms with Crippen molar-refractivity contribution in [1.29, 1.82) is 5.26 Å². The molecule has 5 nitrogen and oxygen atoms in total. The Labute approximate surface area is 147 Å². The van der Waals surface area contributed by atoms with Crippen LogP contribution in [0.15, 0.2) is 36.4 Å². The molecule has 0 aliphatic carbocycles. The Bertz CT molecular complexity index is 915. The van der Waals surface area contributed by atoms with Gasteiger partial charge < -0.3 is 10.1 Å². The maximum atomic E-state index is 13.6. The number of carbonyl (C=O) groups is 2. The van der Waals surface area contributed by atoms with Gasteiger partial charge in [-0.05, 0) is 35.4 Å². The molecule has 0 aliphatic heterocycles. The number of anilines is 1. The first-order chi connectivity index (χ1) is 12.2. The highest BCUT2D eigenvalue weighted by Crippen LogP contribution is 2.40. The summed E-state index contributed by atoms with van der Waals surface area (Å²) in [4.78, 5) is 23.3. The van der Waals surface area contributed by atoms with Gasteiger partial charge in [-0.1, -0.05) is 12.1 Å². The van der Waals surface area contributed by atoms with Crippen molar-refractivity contribution in [3.8, 4) is 17.2 Å². The Hall–Kier alpha value is -3.34. The third-order valence-electron chi connectivity index (χ3n) is 3.48. The van der Waals surface area contributed by atoms with E-state index in [1.54, 1.807) is 0 Å². The highest BCUT2D eigenvalue weighted by molar-refractivity contribution is 6.02. The van der Waals surface area contributed by atoms with Crippen molar-refractivity contribution in [3.63, 3.8) is 0 Å². The van der Waals surface area contributed by atoms with Crippen LogP contribution >= 0.6 is 0 Å². The molecule has 1 amide bonds. The largest absolute Gasteiger partial charge is 0.465 e. The Morgan fingerprint density at radius 1 is 1.19 bits per heavy atom. The molecule has 0 aliphatic rings. The fourth-order valence-electron chi connectivity index (χ4n) is 2.40. The standard InChI is InChI=1S/C18H13F3N2O3/c1-10(24)23-16-8-15(18(19,20)21)13(7-14(16)17(25)26-2)12-5-3-4-11(6-12)9-22/h3-8H,1-2H3,(H,23,24). The number of esters is 1. The number of rotatable bonds is 3. The summed E-state index contributed by atoms with van der Waals surface area (Å²) in [5.41, 5.74) is -1.62. The second kappa shape index (κ2) is 7.27. The lowest BCUT2D eigenvalue weighted by Gasteiger charge is -2.18. The van der Waals surface area contributed by atoms with Gasteiger partial charge in [-0.15, -0.1) is 0 Å². The van der Waals surface area contributed by atoms with Gasteiger partial charge in [0.25, 0.3) is 0 Å². The first-order valence-corrected chi connectivity index (χ1v) is 7.29. The van der Waals surface area contributed by atoms with Crippen molar-refractivity contribution in [2.45, 2.75) is 13.1 Å². The predicted molar refractivity (Wildman–Crippen MR) is 87.2 cm³/mol. The lowest BCUT2D eigenvalue weighted by molar-refractivity contribution is -0.137. The van der Waals surface area contributed by atoms with Gasteiger partial charge in [0, 0.05) is 6.92 Å². The van der Waals surface area contributed by atoms with Crippen molar-refractivity contribution in [2.75, 3.05) is 12.4 Å². The zero-order valence-electron chi connectivity index (χ0n) is 13.8. The fourth-order valence-corrected chi connectivity index (χ4v) is 2.40. The Kier molecular flexibility index (Phi) is 5.31. The van der Waals surface area contributed by atoms with Crippen LogP contribution in [-0.2, 0) is 15.7 Å². The van der Waals surface area contributed by atoms with E-state index in [1.165, 1.54) is 24.3 Å². The van der Waals surface area contributed by atoms with Crippen molar-refractivity contribution in [1.82, 2.24) is 0 Å². The van der Waals surface area contributed by atoms with Gasteiger partial charge in [0.1, 0.15) is 0 Å². The molecular formula is C18H13F3N2O3. The maximum Gasteiger partial charge on any atom is 0.417 e. The molecule has 26 heavy (non-hydrogen) atoms. The minimum atomic E-state index is -4.75. The number of benzene rings is 2. The van der Waals surface area contributed by atoms with Crippen LogP contribution in [0.25, 0.3) is 11.1 Å². The first-order valence-electron chi connectivity index (χ1n) is 7.29. The number of carbonyl (C=O) groups excluding carboxylic acids is 2. The molecule has 0 aromatic heterocycles. The monoisotopic (exact) mass is 362 g/mol. The minimum absolute atomic E-state index is 0.107. The summed E-state index contributed by atoms with van der Waals surface area (Å²) in [5, 5.41) is 11.2. The van der Waals surface area contributed by atoms with Crippen LogP contribution in [0, 0.1) is 11.3 Å². The van der Waals surface area contributed by atoms with E-state index in [-0.39, 0.29) is 27.9 Å². The number of hydrogen-bond donors (Lipinski definition) is 1. The van der Waals surface area contributed by atoms with Crippen LogP contribution in [0.5, 0.6) is 0 Å². The molecule has 134 valence electrons. The number of nitrogens with one attached hydrogen (secondary N) is 1. The third-order valence-corrected chi connectivity index (χ3v) is 3.48. The summed E-state index contributed by atoms with van der Waals surface area (Å²) in [6.45, 7) is 1.11. The normalized spacial score (nSPS) is 10.8. The van der Waals surface area contributed by atoms with Crippen molar-refractivity contribution < 1.29 is 27.5 Å². The maximum absolute atomic E-state index is 13.6. The third kappa shape index (κ3) is 4.00. The molecule has 0 atom stereocenters. The molecule has 0 radical (unpaired) electrons. The van der Waals surface area contributed by atoms with E-state index < -0.39 is 23.6 Å². The SMILES string of the molecule is COC(=O)c1cc(-c2cccc(C#N)c2)c(C(F)(F)F)cc1NC(C)=O. The van der Waals surface area contributed by atoms with Crippen LogP contribution in [0.2, 0.25) is 0 Å². The Balaban J connectivity index is 2.82. The number of amides is 1. The van der Waals surface area contributed by atoms with Crippen LogP contribution in [0.3, 0.4) is 0 Å². The van der Waals surface area contributed by atoms with Crippen LogP contribution < -0.4 is 5.32 Å². The van der Waals surface area contributed by atoms with Gasteiger partial charge in [-0.25, -0.2) is 4.79 Å². The minimum Gasteiger partial charge on any atom is -0.465 e. The summed E-state index contributed by atoms with van der Waals surface area (Å²) < 4.78 is 45.3. The average molecular weight is 362 g/mol. The number of hydrogen-bond acceptors (Lipinski definition) is 4. The zero-order chi connectivity index (χ0) is 19.5. The molecule has 0 saturated carbocycles. The van der Waals surface area contributed by atoms with E-state index in [1.807, 2.05) is 6.07 Å². The second-order valence-corrected chi connectivity index (χ2v) is 5.31. The molecular weight excluding hydrogens is 349 g/mol. The summed E-state index contributed by atoms with van der Waals surface area (Å²) in [7, 11) is 1.08. The number of methoxy groups -OCH3 is 1. The van der Waals surface area contributed by atoms with Crippen molar-refractivity contribution >= 4 is 17.6 Å². The topological polar surface area (TPSA) is 79.2 Å². The van der Waals surface area contributed by atoms with E-state index >= 15 is 0 Å². The van der Waals surface area contributed by atoms with Crippen LogP contribution in [-0.4, -0.2) is 19.0 Å². The van der Waals surface area contributed by atoms with Gasteiger partial charge in [0.2, 0.25) is 5.91 Å². The van der Waals surface area contributed by atoms with Gasteiger partial charge in [-0.2, -0.15) is 18.4 Å². The lowest BCUT2D eigenvalue weighted by Crippen LogP contribution is -2.16. The molecule has 8 heteroatoms. The van der Waals surface area contributed by atoms with Gasteiger partial charge >= 0.3 is 12.1 Å². The lowest BCUT2D eigenvalue weighted by atomic mass is 9.94. The Morgan fingerprint density at radius 3 is 2.42 bits per heavy atom. The molecule has 2 aromatic rings. The van der Waals surface area contributed by atoms with Gasteiger partial charge in [0.15, 0.2) is 0 Å². The van der Waals surface area contributed by atoms with Gasteiger partial charge in [0.05, 0.1) is 35.6 Å². The summed E-state index contributed by atoms with van der Waals surface area (Å²) in [6, 6.07) is 9.09. The smallest absolute Gasteiger partial charge is 0.417 e. The summed E-state index contributed by atoms with van der Waals surface area (Å²) >= 11 is 0. The number of alkyl halides is 3. The molecule has 2 aromatic carbocycles. The summed E-state index contributed by atoms with van der Waals surface area (Å²) in [5.74, 6) is -1.54. The van der Waals surface area contributed by atoms with E-state index in [2.05, 4.69) is 10.1 Å². The highest BCUT2D eigenvalue weighted by Gasteiger charge is 2.35. The van der Waals surface area contributed by atoms with Crippen molar-refractivity contribution in [3.05, 3.63) is 53.1 Å². The highest BCUT2D eigenvalue weighted by atomic mass is 19.4. The molecule has 0 fully saturated rings. The number of nitriles is 1. The number of ether oxygens (including phenoxy) is 1. The van der Waals surface area contributed by atoms with E-state index in [9.17, 15) is 22.8 Å². The second-order valence-electron chi connectivity index (χ2n) is 5.31. The molecule has 0 spiro atoms. The molecule has 0 unspecified atom stereocenters. The number of nitrogens with zero attached hydrogens (tertiary/aromatic N) is 1. The molecule has 2 rings (SSSR count). The van der Waals surface area contributed by atoms with Crippen LogP contribution in [0.4, 0.5) is 18.9 Å².